The summed E-state index contributed by atoms with van der Waals surface area (Å²) in [6, 6.07) is 20.4. The fraction of sp³-hybridized carbons (Fsp3) is 0.0476. The summed E-state index contributed by atoms with van der Waals surface area (Å²) in [5.41, 5.74) is 1.60. The highest BCUT2D eigenvalue weighted by Gasteiger charge is 2.39. The number of rotatable bonds is 5. The SMILES string of the molecule is O=C(N/N=C\c1cc(Cl)cc(I)c1O)C(O)(c1ccccc1)c1ccccc1. The predicted octanol–water partition coefficient (Wildman–Crippen LogP) is 4.04. The van der Waals surface area contributed by atoms with E-state index in [1.165, 1.54) is 12.3 Å². The highest BCUT2D eigenvalue weighted by Crippen LogP contribution is 2.30. The van der Waals surface area contributed by atoms with Crippen LogP contribution in [0, 0.1) is 3.57 Å². The first-order valence-electron chi connectivity index (χ1n) is 8.28. The van der Waals surface area contributed by atoms with Gasteiger partial charge >= 0.3 is 0 Å². The maximum absolute atomic E-state index is 12.9. The fourth-order valence-electron chi connectivity index (χ4n) is 2.71. The molecule has 0 spiro atoms. The topological polar surface area (TPSA) is 81.9 Å². The summed E-state index contributed by atoms with van der Waals surface area (Å²) in [6.45, 7) is 0. The Bertz CT molecular complexity index is 971. The second-order valence-corrected chi connectivity index (χ2v) is 7.57. The quantitative estimate of drug-likeness (QED) is 0.278. The number of halogens is 2. The summed E-state index contributed by atoms with van der Waals surface area (Å²) < 4.78 is 0.558. The van der Waals surface area contributed by atoms with Gasteiger partial charge in [-0.2, -0.15) is 5.10 Å². The number of aromatic hydroxyl groups is 1. The highest BCUT2D eigenvalue weighted by molar-refractivity contribution is 14.1. The number of carbonyl (C=O) groups is 1. The van der Waals surface area contributed by atoms with E-state index in [0.717, 1.165) is 0 Å². The van der Waals surface area contributed by atoms with Crippen molar-refractivity contribution >= 4 is 46.3 Å². The standard InChI is InChI=1S/C21H16ClIN2O3/c22-17-11-14(19(26)18(23)12-17)13-24-25-20(27)21(28,15-7-3-1-4-8-15)16-9-5-2-6-10-16/h1-13,26,28H,(H,25,27)/b24-13-. The van der Waals surface area contributed by atoms with Crippen molar-refractivity contribution in [2.24, 2.45) is 5.10 Å². The number of nitrogens with one attached hydrogen (secondary N) is 1. The van der Waals surface area contributed by atoms with Crippen molar-refractivity contribution in [1.29, 1.82) is 0 Å². The van der Waals surface area contributed by atoms with E-state index in [2.05, 4.69) is 10.5 Å². The van der Waals surface area contributed by atoms with Crippen LogP contribution in [-0.4, -0.2) is 22.3 Å². The van der Waals surface area contributed by atoms with Gasteiger partial charge in [0.25, 0.3) is 5.91 Å². The number of amides is 1. The zero-order valence-corrected chi connectivity index (χ0v) is 17.4. The molecule has 1 amide bonds. The van der Waals surface area contributed by atoms with Gasteiger partial charge in [-0.3, -0.25) is 4.79 Å². The summed E-state index contributed by atoms with van der Waals surface area (Å²) in [6.07, 6.45) is 1.28. The third-order valence-corrected chi connectivity index (χ3v) is 5.18. The molecule has 0 unspecified atom stereocenters. The third kappa shape index (κ3) is 4.19. The molecular weight excluding hydrogens is 491 g/mol. The third-order valence-electron chi connectivity index (χ3n) is 4.14. The monoisotopic (exact) mass is 506 g/mol. The summed E-state index contributed by atoms with van der Waals surface area (Å²) in [5.74, 6) is -0.721. The first-order chi connectivity index (χ1) is 13.4. The van der Waals surface area contributed by atoms with Crippen LogP contribution in [-0.2, 0) is 10.4 Å². The van der Waals surface area contributed by atoms with Gasteiger partial charge in [0, 0.05) is 10.6 Å². The van der Waals surface area contributed by atoms with Gasteiger partial charge in [-0.1, -0.05) is 72.3 Å². The number of hydrogen-bond donors (Lipinski definition) is 3. The Balaban J connectivity index is 1.91. The van der Waals surface area contributed by atoms with Crippen molar-refractivity contribution in [1.82, 2.24) is 5.43 Å². The van der Waals surface area contributed by atoms with E-state index in [0.29, 0.717) is 25.3 Å². The van der Waals surface area contributed by atoms with Gasteiger partial charge in [0.1, 0.15) is 5.75 Å². The first kappa shape index (κ1) is 20.3. The molecule has 0 saturated heterocycles. The van der Waals surface area contributed by atoms with Gasteiger partial charge in [-0.05, 0) is 45.9 Å². The van der Waals surface area contributed by atoms with Crippen molar-refractivity contribution in [2.45, 2.75) is 5.60 Å². The molecule has 0 radical (unpaired) electrons. The number of aliphatic hydroxyl groups is 1. The van der Waals surface area contributed by atoms with Crippen LogP contribution < -0.4 is 5.43 Å². The number of carbonyl (C=O) groups excluding carboxylic acids is 1. The maximum Gasteiger partial charge on any atom is 0.281 e. The largest absolute Gasteiger partial charge is 0.506 e. The molecule has 3 aromatic rings. The zero-order chi connectivity index (χ0) is 20.1. The summed E-state index contributed by atoms with van der Waals surface area (Å²) in [7, 11) is 0. The molecule has 28 heavy (non-hydrogen) atoms. The number of hydrazone groups is 1. The van der Waals surface area contributed by atoms with Crippen LogP contribution in [0.2, 0.25) is 5.02 Å². The molecule has 0 aromatic heterocycles. The predicted molar refractivity (Wildman–Crippen MR) is 117 cm³/mol. The molecule has 0 aliphatic carbocycles. The first-order valence-corrected chi connectivity index (χ1v) is 9.73. The molecule has 0 saturated carbocycles. The number of nitrogens with zero attached hydrogens (tertiary/aromatic N) is 1. The fourth-order valence-corrected chi connectivity index (χ4v) is 3.77. The molecule has 0 aliphatic heterocycles. The Labute approximate surface area is 180 Å². The van der Waals surface area contributed by atoms with E-state index in [4.69, 9.17) is 11.6 Å². The van der Waals surface area contributed by atoms with Gasteiger partial charge < -0.3 is 10.2 Å². The van der Waals surface area contributed by atoms with Crippen LogP contribution in [0.4, 0.5) is 0 Å². The van der Waals surface area contributed by atoms with Crippen molar-refractivity contribution in [2.75, 3.05) is 0 Å². The molecule has 7 heteroatoms. The summed E-state index contributed by atoms with van der Waals surface area (Å²) in [4.78, 5) is 12.9. The molecule has 0 heterocycles. The lowest BCUT2D eigenvalue weighted by Gasteiger charge is -2.27. The van der Waals surface area contributed by atoms with Crippen LogP contribution in [0.1, 0.15) is 16.7 Å². The number of hydrogen-bond acceptors (Lipinski definition) is 4. The number of phenols is 1. The van der Waals surface area contributed by atoms with E-state index in [1.54, 1.807) is 66.7 Å². The van der Waals surface area contributed by atoms with Gasteiger partial charge in [-0.15, -0.1) is 0 Å². The normalized spacial score (nSPS) is 11.5. The smallest absolute Gasteiger partial charge is 0.281 e. The van der Waals surface area contributed by atoms with E-state index >= 15 is 0 Å². The van der Waals surface area contributed by atoms with Crippen molar-refractivity contribution < 1.29 is 15.0 Å². The average Bonchev–Trinajstić information content (AvgIpc) is 2.72. The van der Waals surface area contributed by atoms with Gasteiger partial charge in [-0.25, -0.2) is 5.43 Å². The summed E-state index contributed by atoms with van der Waals surface area (Å²) in [5, 5.41) is 25.7. The Hall–Kier alpha value is -2.42. The Morgan fingerprint density at radius 1 is 1.04 bits per heavy atom. The molecular formula is C21H16ClIN2O3. The lowest BCUT2D eigenvalue weighted by Crippen LogP contribution is -2.43. The van der Waals surface area contributed by atoms with Crippen LogP contribution in [0.25, 0.3) is 0 Å². The van der Waals surface area contributed by atoms with Gasteiger partial charge in [0.2, 0.25) is 0 Å². The highest BCUT2D eigenvalue weighted by atomic mass is 127. The molecule has 0 bridgehead atoms. The molecule has 0 aliphatic rings. The Kier molecular flexibility index (Phi) is 6.33. The number of phenolic OH excluding ortho intramolecular Hbond substituents is 1. The average molecular weight is 507 g/mol. The lowest BCUT2D eigenvalue weighted by molar-refractivity contribution is -0.136. The maximum atomic E-state index is 12.9. The van der Waals surface area contributed by atoms with E-state index in [-0.39, 0.29) is 5.75 Å². The molecule has 3 N–H and O–H groups in total. The molecule has 3 rings (SSSR count). The molecule has 142 valence electrons. The second-order valence-electron chi connectivity index (χ2n) is 5.97. The van der Waals surface area contributed by atoms with Crippen LogP contribution >= 0.6 is 34.2 Å². The van der Waals surface area contributed by atoms with Crippen LogP contribution in [0.3, 0.4) is 0 Å². The van der Waals surface area contributed by atoms with Crippen molar-refractivity contribution in [3.63, 3.8) is 0 Å². The molecule has 0 fully saturated rings. The Morgan fingerprint density at radius 2 is 1.57 bits per heavy atom. The van der Waals surface area contributed by atoms with Crippen LogP contribution in [0.15, 0.2) is 77.9 Å². The minimum atomic E-state index is -1.93. The summed E-state index contributed by atoms with van der Waals surface area (Å²) >= 11 is 7.94. The minimum absolute atomic E-state index is 0.00406. The Morgan fingerprint density at radius 3 is 2.11 bits per heavy atom. The van der Waals surface area contributed by atoms with E-state index in [9.17, 15) is 15.0 Å². The van der Waals surface area contributed by atoms with Crippen molar-refractivity contribution in [3.05, 3.63) is 98.1 Å². The van der Waals surface area contributed by atoms with E-state index in [1.807, 2.05) is 22.6 Å². The van der Waals surface area contributed by atoms with Crippen LogP contribution in [0.5, 0.6) is 5.75 Å². The lowest BCUT2D eigenvalue weighted by atomic mass is 9.85. The zero-order valence-electron chi connectivity index (χ0n) is 14.5. The van der Waals surface area contributed by atoms with Gasteiger partial charge in [0.15, 0.2) is 5.60 Å². The molecule has 0 atom stereocenters. The van der Waals surface area contributed by atoms with E-state index < -0.39 is 11.5 Å². The molecule has 3 aromatic carbocycles. The minimum Gasteiger partial charge on any atom is -0.506 e. The second kappa shape index (κ2) is 8.72. The van der Waals surface area contributed by atoms with Gasteiger partial charge in [0.05, 0.1) is 9.78 Å². The van der Waals surface area contributed by atoms with Crippen molar-refractivity contribution in [3.8, 4) is 5.75 Å². The number of benzene rings is 3. The molecule has 5 nitrogen and oxygen atoms in total.